The normalized spacial score (nSPS) is 9.95. The summed E-state index contributed by atoms with van der Waals surface area (Å²) < 4.78 is 10.6. The summed E-state index contributed by atoms with van der Waals surface area (Å²) in [7, 11) is 5.16. The van der Waals surface area contributed by atoms with E-state index in [-0.39, 0.29) is 0 Å². The number of anilines is 2. The van der Waals surface area contributed by atoms with Gasteiger partial charge in [0.1, 0.15) is 11.5 Å². The van der Waals surface area contributed by atoms with Gasteiger partial charge in [-0.1, -0.05) is 0 Å². The van der Waals surface area contributed by atoms with Crippen molar-refractivity contribution in [3.05, 3.63) is 42.2 Å². The second kappa shape index (κ2) is 6.65. The van der Waals surface area contributed by atoms with Gasteiger partial charge in [0.25, 0.3) is 0 Å². The first-order valence-corrected chi connectivity index (χ1v) is 6.34. The van der Waals surface area contributed by atoms with Crippen LogP contribution in [0.25, 0.3) is 0 Å². The summed E-state index contributed by atoms with van der Waals surface area (Å²) in [5.41, 5.74) is 2.98. The molecule has 1 aromatic heterocycles. The van der Waals surface area contributed by atoms with E-state index in [0.717, 1.165) is 28.4 Å². The standard InChI is InChI=1S/C15H19N3O2/c1-16-12-6-13(10-17-9-12)18-8-11-4-5-14(19-2)7-15(11)20-3/h4-7,9-10,16,18H,8H2,1-3H3. The van der Waals surface area contributed by atoms with E-state index in [1.54, 1.807) is 26.6 Å². The minimum Gasteiger partial charge on any atom is -0.497 e. The number of methoxy groups -OCH3 is 2. The van der Waals surface area contributed by atoms with Crippen LogP contribution >= 0.6 is 0 Å². The molecule has 20 heavy (non-hydrogen) atoms. The van der Waals surface area contributed by atoms with E-state index >= 15 is 0 Å². The van der Waals surface area contributed by atoms with Gasteiger partial charge in [0.15, 0.2) is 0 Å². The second-order valence-corrected chi connectivity index (χ2v) is 4.24. The topological polar surface area (TPSA) is 55.4 Å². The first kappa shape index (κ1) is 14.0. The van der Waals surface area contributed by atoms with Gasteiger partial charge in [-0.2, -0.15) is 0 Å². The fourth-order valence-corrected chi connectivity index (χ4v) is 1.87. The van der Waals surface area contributed by atoms with Gasteiger partial charge in [-0.05, 0) is 18.2 Å². The fraction of sp³-hybridized carbons (Fsp3) is 0.267. The highest BCUT2D eigenvalue weighted by molar-refractivity contribution is 5.54. The summed E-state index contributed by atoms with van der Waals surface area (Å²) >= 11 is 0. The lowest BCUT2D eigenvalue weighted by atomic mass is 10.2. The highest BCUT2D eigenvalue weighted by atomic mass is 16.5. The molecule has 5 heteroatoms. The molecule has 2 rings (SSSR count). The van der Waals surface area contributed by atoms with Gasteiger partial charge in [0.2, 0.25) is 0 Å². The molecule has 1 heterocycles. The van der Waals surface area contributed by atoms with E-state index in [0.29, 0.717) is 6.54 Å². The lowest BCUT2D eigenvalue weighted by Gasteiger charge is -2.12. The molecular formula is C15H19N3O2. The molecule has 0 atom stereocenters. The van der Waals surface area contributed by atoms with Crippen molar-refractivity contribution in [2.24, 2.45) is 0 Å². The molecule has 0 amide bonds. The van der Waals surface area contributed by atoms with E-state index < -0.39 is 0 Å². The molecule has 2 N–H and O–H groups in total. The average Bonchev–Trinajstić information content (AvgIpc) is 2.52. The Morgan fingerprint density at radius 1 is 1.05 bits per heavy atom. The zero-order valence-corrected chi connectivity index (χ0v) is 11.9. The van der Waals surface area contributed by atoms with Gasteiger partial charge < -0.3 is 20.1 Å². The summed E-state index contributed by atoms with van der Waals surface area (Å²) in [6.07, 6.45) is 3.57. The van der Waals surface area contributed by atoms with Crippen LogP contribution in [-0.4, -0.2) is 26.3 Å². The zero-order chi connectivity index (χ0) is 14.4. The van der Waals surface area contributed by atoms with Crippen LogP contribution in [0.4, 0.5) is 11.4 Å². The first-order valence-electron chi connectivity index (χ1n) is 6.34. The lowest BCUT2D eigenvalue weighted by molar-refractivity contribution is 0.391. The zero-order valence-electron chi connectivity index (χ0n) is 11.9. The third-order valence-corrected chi connectivity index (χ3v) is 3.00. The Morgan fingerprint density at radius 3 is 2.55 bits per heavy atom. The van der Waals surface area contributed by atoms with Crippen LogP contribution in [0.3, 0.4) is 0 Å². The summed E-state index contributed by atoms with van der Waals surface area (Å²) in [4.78, 5) is 4.16. The molecule has 0 aliphatic heterocycles. The molecule has 0 aliphatic carbocycles. The summed E-state index contributed by atoms with van der Waals surface area (Å²) in [6.45, 7) is 0.655. The number of ether oxygens (including phenoxy) is 2. The Bertz CT molecular complexity index is 573. The molecule has 0 radical (unpaired) electrons. The van der Waals surface area contributed by atoms with E-state index in [4.69, 9.17) is 9.47 Å². The SMILES string of the molecule is CNc1cncc(NCc2ccc(OC)cc2OC)c1. The largest absolute Gasteiger partial charge is 0.497 e. The molecule has 0 saturated heterocycles. The van der Waals surface area contributed by atoms with Crippen molar-refractivity contribution in [2.75, 3.05) is 31.9 Å². The Balaban J connectivity index is 2.10. The second-order valence-electron chi connectivity index (χ2n) is 4.24. The fourth-order valence-electron chi connectivity index (χ4n) is 1.87. The average molecular weight is 273 g/mol. The number of aromatic nitrogens is 1. The number of benzene rings is 1. The molecule has 2 aromatic rings. The van der Waals surface area contributed by atoms with Crippen molar-refractivity contribution in [1.82, 2.24) is 4.98 Å². The van der Waals surface area contributed by atoms with Crippen LogP contribution in [0.2, 0.25) is 0 Å². The molecule has 0 saturated carbocycles. The van der Waals surface area contributed by atoms with Crippen molar-refractivity contribution in [3.8, 4) is 11.5 Å². The lowest BCUT2D eigenvalue weighted by Crippen LogP contribution is -2.03. The third kappa shape index (κ3) is 3.32. The van der Waals surface area contributed by atoms with Crippen LogP contribution in [0.15, 0.2) is 36.7 Å². The van der Waals surface area contributed by atoms with Gasteiger partial charge >= 0.3 is 0 Å². The molecular weight excluding hydrogens is 254 g/mol. The minimum atomic E-state index is 0.655. The minimum absolute atomic E-state index is 0.655. The van der Waals surface area contributed by atoms with Crippen LogP contribution in [0, 0.1) is 0 Å². The number of hydrogen-bond donors (Lipinski definition) is 2. The molecule has 0 bridgehead atoms. The predicted octanol–water partition coefficient (Wildman–Crippen LogP) is 2.75. The van der Waals surface area contributed by atoms with Crippen molar-refractivity contribution in [1.29, 1.82) is 0 Å². The van der Waals surface area contributed by atoms with Crippen molar-refractivity contribution < 1.29 is 9.47 Å². The van der Waals surface area contributed by atoms with Gasteiger partial charge in [0, 0.05) is 25.2 Å². The van der Waals surface area contributed by atoms with Gasteiger partial charge in [0.05, 0.1) is 38.0 Å². The number of hydrogen-bond acceptors (Lipinski definition) is 5. The number of rotatable bonds is 6. The Labute approximate surface area is 118 Å². The first-order chi connectivity index (χ1) is 9.76. The molecule has 0 fully saturated rings. The Hall–Kier alpha value is -2.43. The molecule has 0 spiro atoms. The maximum Gasteiger partial charge on any atom is 0.127 e. The van der Waals surface area contributed by atoms with E-state index in [1.807, 2.05) is 31.3 Å². The maximum absolute atomic E-state index is 5.37. The molecule has 0 aliphatic rings. The quantitative estimate of drug-likeness (QED) is 0.847. The van der Waals surface area contributed by atoms with Crippen molar-refractivity contribution in [3.63, 3.8) is 0 Å². The number of pyridine rings is 1. The van der Waals surface area contributed by atoms with Crippen LogP contribution < -0.4 is 20.1 Å². The van der Waals surface area contributed by atoms with Gasteiger partial charge in [-0.15, -0.1) is 0 Å². The number of nitrogens with one attached hydrogen (secondary N) is 2. The van der Waals surface area contributed by atoms with Gasteiger partial charge in [-0.3, -0.25) is 4.98 Å². The summed E-state index contributed by atoms with van der Waals surface area (Å²) in [5, 5.41) is 6.38. The molecule has 0 unspecified atom stereocenters. The monoisotopic (exact) mass is 273 g/mol. The number of nitrogens with zero attached hydrogens (tertiary/aromatic N) is 1. The summed E-state index contributed by atoms with van der Waals surface area (Å²) in [5.74, 6) is 1.58. The van der Waals surface area contributed by atoms with E-state index in [2.05, 4.69) is 15.6 Å². The molecule has 1 aromatic carbocycles. The highest BCUT2D eigenvalue weighted by Gasteiger charge is 2.05. The molecule has 5 nitrogen and oxygen atoms in total. The molecule has 106 valence electrons. The predicted molar refractivity (Wildman–Crippen MR) is 80.7 cm³/mol. The Morgan fingerprint density at radius 2 is 1.85 bits per heavy atom. The van der Waals surface area contributed by atoms with Crippen LogP contribution in [-0.2, 0) is 6.54 Å². The summed E-state index contributed by atoms with van der Waals surface area (Å²) in [6, 6.07) is 7.78. The highest BCUT2D eigenvalue weighted by Crippen LogP contribution is 2.25. The van der Waals surface area contributed by atoms with Crippen LogP contribution in [0.1, 0.15) is 5.56 Å². The maximum atomic E-state index is 5.37. The Kier molecular flexibility index (Phi) is 4.65. The van der Waals surface area contributed by atoms with Crippen molar-refractivity contribution >= 4 is 11.4 Å². The van der Waals surface area contributed by atoms with E-state index in [1.165, 1.54) is 0 Å². The van der Waals surface area contributed by atoms with Crippen molar-refractivity contribution in [2.45, 2.75) is 6.54 Å². The smallest absolute Gasteiger partial charge is 0.127 e. The third-order valence-electron chi connectivity index (χ3n) is 3.00. The van der Waals surface area contributed by atoms with Crippen LogP contribution in [0.5, 0.6) is 11.5 Å². The van der Waals surface area contributed by atoms with Gasteiger partial charge in [-0.25, -0.2) is 0 Å². The van der Waals surface area contributed by atoms with E-state index in [9.17, 15) is 0 Å².